The van der Waals surface area contributed by atoms with Crippen molar-refractivity contribution in [3.8, 4) is 11.1 Å². The highest BCUT2D eigenvalue weighted by Crippen LogP contribution is 2.50. The van der Waals surface area contributed by atoms with Crippen molar-refractivity contribution in [1.82, 2.24) is 0 Å². The summed E-state index contributed by atoms with van der Waals surface area (Å²) in [4.78, 5) is 4.72. The van der Waals surface area contributed by atoms with Crippen LogP contribution in [-0.2, 0) is 0 Å². The minimum atomic E-state index is -2.28. The van der Waals surface area contributed by atoms with Gasteiger partial charge in [-0.2, -0.15) is 12.6 Å². The van der Waals surface area contributed by atoms with Gasteiger partial charge in [0, 0.05) is 60.4 Å². The molecule has 4 aromatic carbocycles. The van der Waals surface area contributed by atoms with E-state index in [1.165, 1.54) is 23.5 Å². The predicted molar refractivity (Wildman–Crippen MR) is 214 cm³/mol. The molecule has 290 valence electrons. The molecule has 55 heavy (non-hydrogen) atoms. The van der Waals surface area contributed by atoms with E-state index in [-0.39, 0.29) is 47.5 Å². The molecule has 4 aromatic rings. The van der Waals surface area contributed by atoms with Crippen LogP contribution in [0.25, 0.3) is 11.1 Å². The average molecular weight is 838 g/mol. The van der Waals surface area contributed by atoms with E-state index in [2.05, 4.69) is 51.6 Å². The van der Waals surface area contributed by atoms with E-state index in [9.17, 15) is 0 Å². The molecule has 15 heteroatoms. The van der Waals surface area contributed by atoms with Gasteiger partial charge in [-0.05, 0) is 61.1 Å². The lowest BCUT2D eigenvalue weighted by molar-refractivity contribution is 0.442. The number of hydrogen-bond donors (Lipinski definition) is 3. The molecule has 0 amide bonds. The second-order valence-electron chi connectivity index (χ2n) is 12.9. The highest BCUT2D eigenvalue weighted by molar-refractivity contribution is 8.00. The van der Waals surface area contributed by atoms with Gasteiger partial charge in [0.25, 0.3) is 0 Å². The van der Waals surface area contributed by atoms with Crippen molar-refractivity contribution < 1.29 is 35.1 Å². The van der Waals surface area contributed by atoms with E-state index in [1.807, 2.05) is 24.3 Å². The maximum absolute atomic E-state index is 15.8. The molecule has 3 nitrogen and oxygen atoms in total. The van der Waals surface area contributed by atoms with Crippen molar-refractivity contribution in [2.75, 3.05) is 21.8 Å². The summed E-state index contributed by atoms with van der Waals surface area (Å²) in [6, 6.07) is 12.7. The van der Waals surface area contributed by atoms with Gasteiger partial charge in [-0.1, -0.05) is 51.9 Å². The lowest BCUT2D eigenvalue weighted by Crippen LogP contribution is -2.22. The Balaban J connectivity index is 0.00000285. The third-order valence-electron chi connectivity index (χ3n) is 9.19. The van der Waals surface area contributed by atoms with Crippen LogP contribution in [0, 0.1) is 58.4 Å². The number of hydrogen-bond acceptors (Lipinski definition) is 7. The number of rotatable bonds is 8. The zero-order chi connectivity index (χ0) is 40.8. The van der Waals surface area contributed by atoms with Crippen LogP contribution in [0.5, 0.6) is 0 Å². The van der Waals surface area contributed by atoms with Crippen LogP contribution in [0.3, 0.4) is 0 Å². The first-order valence-electron chi connectivity index (χ1n) is 16.5. The third kappa shape index (κ3) is 7.64. The van der Waals surface area contributed by atoms with Crippen molar-refractivity contribution in [2.24, 2.45) is 11.8 Å². The Morgan fingerprint density at radius 3 is 1.53 bits per heavy atom. The number of benzene rings is 4. The van der Waals surface area contributed by atoms with E-state index in [0.29, 0.717) is 5.69 Å². The molecular formula is C40H35F8N3S4. The van der Waals surface area contributed by atoms with E-state index in [4.69, 9.17) is 5.73 Å². The van der Waals surface area contributed by atoms with E-state index < -0.39 is 74.3 Å². The largest absolute Gasteiger partial charge is 0.398 e. The van der Waals surface area contributed by atoms with Gasteiger partial charge in [-0.3, -0.25) is 0 Å². The fourth-order valence-corrected chi connectivity index (χ4v) is 8.71. The Hall–Kier alpha value is -3.92. The first-order chi connectivity index (χ1) is 25.9. The van der Waals surface area contributed by atoms with Gasteiger partial charge >= 0.3 is 0 Å². The molecule has 0 aliphatic carbocycles. The molecule has 2 aliphatic heterocycles. The standard InChI is InChI=1S/C39H31F8N3S3.CH4S/c1-16(2)24-13-17(3)49(19(24)5)38-34(44)30(40)28(31(41)35(38)45)29-32(42)36(46)39(37(47)33(29)43)50-18(4)14-27(20(50)6)53-23-10-8-22(9-11-23)52-26-12-7-21(51)15-25(26)48;1-2/h7-12,15-16,24,27,51H,3-6,13-14,48H2,1-2H3;2H,1H3. The maximum atomic E-state index is 15.8. The molecule has 2 N–H and O–H groups in total. The van der Waals surface area contributed by atoms with Gasteiger partial charge in [0.05, 0.1) is 16.4 Å². The van der Waals surface area contributed by atoms with Gasteiger partial charge in [0.1, 0.15) is 11.4 Å². The molecule has 2 aliphatic rings. The topological polar surface area (TPSA) is 32.5 Å². The number of thiol groups is 2. The quantitative estimate of drug-likeness (QED) is 0.0713. The average Bonchev–Trinajstić information content (AvgIpc) is 3.59. The monoisotopic (exact) mass is 837 g/mol. The molecule has 2 saturated heterocycles. The third-order valence-corrected chi connectivity index (χ3v) is 11.8. The van der Waals surface area contributed by atoms with E-state index in [0.717, 1.165) is 29.4 Å². The van der Waals surface area contributed by atoms with Crippen molar-refractivity contribution in [2.45, 2.75) is 51.5 Å². The number of nitrogen functional groups attached to an aromatic ring is 1. The predicted octanol–water partition coefficient (Wildman–Crippen LogP) is 12.9. The highest BCUT2D eigenvalue weighted by Gasteiger charge is 2.42. The number of thioether (sulfide) groups is 1. The summed E-state index contributed by atoms with van der Waals surface area (Å²) in [5.41, 5.74) is 0.338. The lowest BCUT2D eigenvalue weighted by atomic mass is 9.92. The Labute approximate surface area is 333 Å². The van der Waals surface area contributed by atoms with Gasteiger partial charge in [0.2, 0.25) is 0 Å². The van der Waals surface area contributed by atoms with Crippen molar-refractivity contribution in [3.63, 3.8) is 0 Å². The van der Waals surface area contributed by atoms with Crippen LogP contribution < -0.4 is 15.5 Å². The number of nitrogens with zero attached hydrogens (tertiary/aromatic N) is 2. The molecule has 0 bridgehead atoms. The molecule has 0 saturated carbocycles. The molecule has 6 rings (SSSR count). The summed E-state index contributed by atoms with van der Waals surface area (Å²) < 4.78 is 126. The molecule has 0 radical (unpaired) electrons. The zero-order valence-corrected chi connectivity index (χ0v) is 33.1. The lowest BCUT2D eigenvalue weighted by Gasteiger charge is -2.26. The second-order valence-corrected chi connectivity index (χ2v) is 15.8. The number of halogens is 8. The van der Waals surface area contributed by atoms with Gasteiger partial charge < -0.3 is 15.5 Å². The first kappa shape index (κ1) is 42.2. The summed E-state index contributed by atoms with van der Waals surface area (Å²) >= 11 is 10.5. The summed E-state index contributed by atoms with van der Waals surface area (Å²) in [6.07, 6.45) is 1.92. The zero-order valence-electron chi connectivity index (χ0n) is 29.7. The van der Waals surface area contributed by atoms with Crippen molar-refractivity contribution in [3.05, 3.63) is 138 Å². The summed E-state index contributed by atoms with van der Waals surface area (Å²) in [7, 11) is 0. The Morgan fingerprint density at radius 2 is 1.09 bits per heavy atom. The van der Waals surface area contributed by atoms with Crippen LogP contribution in [0.1, 0.15) is 26.7 Å². The maximum Gasteiger partial charge on any atom is 0.186 e. The number of nitrogens with two attached hydrogens (primary N) is 1. The van der Waals surface area contributed by atoms with Crippen LogP contribution in [-0.4, -0.2) is 11.5 Å². The molecule has 2 unspecified atom stereocenters. The summed E-state index contributed by atoms with van der Waals surface area (Å²) in [6.45, 7) is 18.8. The molecule has 2 atom stereocenters. The van der Waals surface area contributed by atoms with E-state index in [1.54, 1.807) is 38.3 Å². The summed E-state index contributed by atoms with van der Waals surface area (Å²) in [5, 5.41) is -0.597. The number of allylic oxidation sites excluding steroid dienone is 3. The van der Waals surface area contributed by atoms with Crippen LogP contribution in [0.4, 0.5) is 52.2 Å². The number of anilines is 3. The molecule has 2 heterocycles. The normalized spacial score (nSPS) is 17.1. The minimum absolute atomic E-state index is 0.00648. The first-order valence-corrected chi connectivity index (χ1v) is 19.5. The SMILES string of the molecule is C=C1CC(Sc2ccc(Sc3ccc(S)cc3N)cc2)C(=C)N1c1c(F)c(F)c(-c2c(F)c(F)c(N3C(=C)CC(C(C)C)C3=C)c(F)c2F)c(F)c1F.CS. The Morgan fingerprint density at radius 1 is 0.655 bits per heavy atom. The van der Waals surface area contributed by atoms with Gasteiger partial charge in [-0.15, -0.1) is 24.4 Å². The van der Waals surface area contributed by atoms with Crippen molar-refractivity contribution in [1.29, 1.82) is 0 Å². The Bertz CT molecular complexity index is 2180. The molecular weight excluding hydrogens is 803 g/mol. The van der Waals surface area contributed by atoms with Crippen molar-refractivity contribution >= 4 is 65.8 Å². The highest BCUT2D eigenvalue weighted by atomic mass is 32.2. The second kappa shape index (κ2) is 16.7. The van der Waals surface area contributed by atoms with Crippen LogP contribution in [0.2, 0.25) is 0 Å². The molecule has 0 spiro atoms. The smallest absolute Gasteiger partial charge is 0.186 e. The minimum Gasteiger partial charge on any atom is -0.398 e. The summed E-state index contributed by atoms with van der Waals surface area (Å²) in [5.74, 6) is -17.9. The van der Waals surface area contributed by atoms with E-state index >= 15 is 35.1 Å². The Kier molecular flexibility index (Phi) is 12.8. The van der Waals surface area contributed by atoms with Crippen LogP contribution >= 0.6 is 48.8 Å². The fourth-order valence-electron chi connectivity index (χ4n) is 6.51. The molecule has 2 fully saturated rings. The molecule has 0 aromatic heterocycles. The van der Waals surface area contributed by atoms with Gasteiger partial charge in [-0.25, -0.2) is 35.1 Å². The van der Waals surface area contributed by atoms with Crippen LogP contribution in [0.15, 0.2) is 111 Å². The fraction of sp³-hybridized carbons (Fsp3) is 0.200. The van der Waals surface area contributed by atoms with Gasteiger partial charge in [0.15, 0.2) is 46.5 Å².